The van der Waals surface area contributed by atoms with Crippen LogP contribution >= 0.6 is 24.0 Å². The molecule has 0 aliphatic heterocycles. The number of anilines is 1. The number of aliphatic imine (C=N–C) groups is 1. The summed E-state index contributed by atoms with van der Waals surface area (Å²) in [5.41, 5.74) is 0.869. The summed E-state index contributed by atoms with van der Waals surface area (Å²) in [5.74, 6) is 2.05. The Labute approximate surface area is 153 Å². The van der Waals surface area contributed by atoms with Gasteiger partial charge in [0.15, 0.2) is 17.5 Å². The fourth-order valence-electron chi connectivity index (χ4n) is 1.95. The number of guanidine groups is 1. The van der Waals surface area contributed by atoms with E-state index in [9.17, 15) is 0 Å². The summed E-state index contributed by atoms with van der Waals surface area (Å²) in [6, 6.07) is 5.62. The van der Waals surface area contributed by atoms with Crippen molar-refractivity contribution in [2.24, 2.45) is 4.99 Å². The summed E-state index contributed by atoms with van der Waals surface area (Å²) in [6.45, 7) is 1.55. The molecule has 2 N–H and O–H groups in total. The first kappa shape index (κ1) is 19.1. The van der Waals surface area contributed by atoms with Crippen LogP contribution in [0, 0.1) is 0 Å². The molecule has 0 saturated carbocycles. The van der Waals surface area contributed by atoms with Gasteiger partial charge < -0.3 is 24.7 Å². The minimum atomic E-state index is 0. The van der Waals surface area contributed by atoms with Crippen molar-refractivity contribution >= 4 is 35.6 Å². The van der Waals surface area contributed by atoms with Crippen molar-refractivity contribution in [1.29, 1.82) is 0 Å². The highest BCUT2D eigenvalue weighted by atomic mass is 127. The molecule has 0 aliphatic carbocycles. The van der Waals surface area contributed by atoms with E-state index in [2.05, 4.69) is 20.6 Å². The molecule has 0 atom stereocenters. The van der Waals surface area contributed by atoms with Crippen LogP contribution in [0.1, 0.15) is 0 Å². The summed E-state index contributed by atoms with van der Waals surface area (Å²) >= 11 is 0. The van der Waals surface area contributed by atoms with Crippen molar-refractivity contribution in [2.45, 2.75) is 6.54 Å². The molecule has 0 saturated heterocycles. The number of nitrogens with zero attached hydrogens (tertiary/aromatic N) is 3. The quantitative estimate of drug-likeness (QED) is 0.417. The average Bonchev–Trinajstić information content (AvgIpc) is 3.07. The van der Waals surface area contributed by atoms with Crippen LogP contribution in [0.15, 0.2) is 41.9 Å². The molecule has 8 heteroatoms. The van der Waals surface area contributed by atoms with E-state index in [1.807, 2.05) is 29.0 Å². The highest BCUT2D eigenvalue weighted by Crippen LogP contribution is 2.29. The van der Waals surface area contributed by atoms with Gasteiger partial charge in [0, 0.05) is 44.3 Å². The molecule has 0 spiro atoms. The van der Waals surface area contributed by atoms with E-state index in [0.29, 0.717) is 17.5 Å². The molecule has 0 bridgehead atoms. The number of halogens is 1. The lowest BCUT2D eigenvalue weighted by molar-refractivity contribution is 0.355. The maximum absolute atomic E-state index is 5.29. The fraction of sp³-hybridized carbons (Fsp3) is 0.333. The number of hydrogen-bond donors (Lipinski definition) is 2. The number of ether oxygens (including phenoxy) is 2. The Morgan fingerprint density at radius 2 is 2.04 bits per heavy atom. The van der Waals surface area contributed by atoms with Crippen molar-refractivity contribution in [3.8, 4) is 11.5 Å². The molecule has 1 aromatic heterocycles. The Balaban J connectivity index is 0.00000264. The number of benzene rings is 1. The summed E-state index contributed by atoms with van der Waals surface area (Å²) in [6.07, 6.45) is 5.47. The maximum atomic E-state index is 5.29. The predicted molar refractivity (Wildman–Crippen MR) is 102 cm³/mol. The predicted octanol–water partition coefficient (Wildman–Crippen LogP) is 2.21. The van der Waals surface area contributed by atoms with Crippen LogP contribution in [0.3, 0.4) is 0 Å². The minimum Gasteiger partial charge on any atom is -0.493 e. The van der Waals surface area contributed by atoms with Gasteiger partial charge in [0.25, 0.3) is 0 Å². The highest BCUT2D eigenvalue weighted by molar-refractivity contribution is 14.0. The van der Waals surface area contributed by atoms with Crippen molar-refractivity contribution in [3.63, 3.8) is 0 Å². The van der Waals surface area contributed by atoms with E-state index in [1.165, 1.54) is 0 Å². The third kappa shape index (κ3) is 5.62. The van der Waals surface area contributed by atoms with Gasteiger partial charge in [-0.1, -0.05) is 0 Å². The molecule has 23 heavy (non-hydrogen) atoms. The van der Waals surface area contributed by atoms with Gasteiger partial charge in [-0.15, -0.1) is 24.0 Å². The van der Waals surface area contributed by atoms with Gasteiger partial charge in [-0.3, -0.25) is 4.99 Å². The Morgan fingerprint density at radius 3 is 2.65 bits per heavy atom. The molecule has 0 aliphatic rings. The number of rotatable bonds is 6. The largest absolute Gasteiger partial charge is 0.493 e. The van der Waals surface area contributed by atoms with Crippen LogP contribution < -0.4 is 20.1 Å². The average molecular weight is 431 g/mol. The Hall–Kier alpha value is -1.97. The fourth-order valence-corrected chi connectivity index (χ4v) is 1.95. The van der Waals surface area contributed by atoms with Crippen LogP contribution in [0.2, 0.25) is 0 Å². The lowest BCUT2D eigenvalue weighted by atomic mass is 10.3. The summed E-state index contributed by atoms with van der Waals surface area (Å²) in [7, 11) is 4.95. The summed E-state index contributed by atoms with van der Waals surface area (Å²) < 4.78 is 12.5. The van der Waals surface area contributed by atoms with Crippen LogP contribution in [0.4, 0.5) is 5.69 Å². The van der Waals surface area contributed by atoms with E-state index >= 15 is 0 Å². The molecule has 7 nitrogen and oxygen atoms in total. The van der Waals surface area contributed by atoms with E-state index in [0.717, 1.165) is 18.8 Å². The summed E-state index contributed by atoms with van der Waals surface area (Å²) in [4.78, 5) is 8.20. The molecule has 1 aromatic carbocycles. The van der Waals surface area contributed by atoms with Crippen LogP contribution in [-0.2, 0) is 6.54 Å². The number of hydrogen-bond acceptors (Lipinski definition) is 4. The second-order valence-corrected chi connectivity index (χ2v) is 4.49. The zero-order valence-electron chi connectivity index (χ0n) is 13.4. The third-order valence-corrected chi connectivity index (χ3v) is 3.09. The Morgan fingerprint density at radius 1 is 1.26 bits per heavy atom. The topological polar surface area (TPSA) is 72.7 Å². The molecule has 126 valence electrons. The van der Waals surface area contributed by atoms with Crippen LogP contribution in [0.5, 0.6) is 11.5 Å². The van der Waals surface area contributed by atoms with Gasteiger partial charge in [-0.2, -0.15) is 0 Å². The van der Waals surface area contributed by atoms with Crippen molar-refractivity contribution < 1.29 is 9.47 Å². The van der Waals surface area contributed by atoms with E-state index in [-0.39, 0.29) is 24.0 Å². The Bertz CT molecular complexity index is 616. The first-order chi connectivity index (χ1) is 10.8. The molecule has 1 heterocycles. The molecule has 2 aromatic rings. The normalized spacial score (nSPS) is 10.7. The zero-order valence-corrected chi connectivity index (χ0v) is 15.8. The number of methoxy groups -OCH3 is 2. The standard InChI is InChI=1S/C15H21N5O2.HI/c1-16-15(18-7-9-20-8-6-17-11-20)19-12-4-5-13(21-2)14(10-12)22-3;/h4-6,8,10-11H,7,9H2,1-3H3,(H2,16,18,19);1H. The summed E-state index contributed by atoms with van der Waals surface area (Å²) in [5, 5.41) is 6.45. The van der Waals surface area contributed by atoms with E-state index in [1.54, 1.807) is 33.8 Å². The van der Waals surface area contributed by atoms with Gasteiger partial charge in [0.2, 0.25) is 0 Å². The lowest BCUT2D eigenvalue weighted by Crippen LogP contribution is -2.33. The van der Waals surface area contributed by atoms with Gasteiger partial charge >= 0.3 is 0 Å². The van der Waals surface area contributed by atoms with Gasteiger partial charge in [-0.05, 0) is 12.1 Å². The molecule has 0 fully saturated rings. The van der Waals surface area contributed by atoms with Crippen LogP contribution in [-0.4, -0.2) is 43.3 Å². The molecular weight excluding hydrogens is 409 g/mol. The molecule has 0 amide bonds. The number of nitrogens with one attached hydrogen (secondary N) is 2. The molecular formula is C15H22IN5O2. The number of aromatic nitrogens is 2. The molecule has 0 unspecified atom stereocenters. The van der Waals surface area contributed by atoms with Crippen molar-refractivity contribution in [3.05, 3.63) is 36.9 Å². The first-order valence-electron chi connectivity index (χ1n) is 6.92. The SMILES string of the molecule is CN=C(NCCn1ccnc1)Nc1ccc(OC)c(OC)c1.I. The maximum Gasteiger partial charge on any atom is 0.195 e. The van der Waals surface area contributed by atoms with Crippen LogP contribution in [0.25, 0.3) is 0 Å². The lowest BCUT2D eigenvalue weighted by Gasteiger charge is -2.14. The molecule has 2 rings (SSSR count). The minimum absolute atomic E-state index is 0. The molecule has 0 radical (unpaired) electrons. The van der Waals surface area contributed by atoms with Gasteiger partial charge in [0.1, 0.15) is 0 Å². The van der Waals surface area contributed by atoms with E-state index < -0.39 is 0 Å². The first-order valence-corrected chi connectivity index (χ1v) is 6.92. The van der Waals surface area contributed by atoms with Gasteiger partial charge in [0.05, 0.1) is 20.5 Å². The third-order valence-electron chi connectivity index (χ3n) is 3.09. The van der Waals surface area contributed by atoms with Gasteiger partial charge in [-0.25, -0.2) is 4.98 Å². The second kappa shape index (κ2) is 9.93. The zero-order chi connectivity index (χ0) is 15.8. The van der Waals surface area contributed by atoms with Crippen molar-refractivity contribution in [1.82, 2.24) is 14.9 Å². The van der Waals surface area contributed by atoms with Crippen molar-refractivity contribution in [2.75, 3.05) is 33.1 Å². The monoisotopic (exact) mass is 431 g/mol. The highest BCUT2D eigenvalue weighted by Gasteiger charge is 2.06. The van der Waals surface area contributed by atoms with E-state index in [4.69, 9.17) is 9.47 Å². The smallest absolute Gasteiger partial charge is 0.195 e. The second-order valence-electron chi connectivity index (χ2n) is 4.49. The Kier molecular flexibility index (Phi) is 8.23. The number of imidazole rings is 1.